The van der Waals surface area contributed by atoms with Crippen molar-refractivity contribution in [3.8, 4) is 33.6 Å². The van der Waals surface area contributed by atoms with Crippen molar-refractivity contribution in [1.29, 1.82) is 0 Å². The third-order valence-electron chi connectivity index (χ3n) is 6.97. The van der Waals surface area contributed by atoms with Crippen molar-refractivity contribution >= 4 is 10.8 Å². The Kier molecular flexibility index (Phi) is 4.84. The van der Waals surface area contributed by atoms with Crippen molar-refractivity contribution in [2.45, 2.75) is 39.0 Å². The second-order valence-electron chi connectivity index (χ2n) is 10.3. The number of aromatic nitrogens is 2. The van der Waals surface area contributed by atoms with Gasteiger partial charge in [-0.05, 0) is 75.5 Å². The van der Waals surface area contributed by atoms with E-state index < -0.39 is 0 Å². The molecule has 1 aliphatic carbocycles. The molecule has 166 valence electrons. The van der Waals surface area contributed by atoms with E-state index in [1.54, 1.807) is 0 Å². The Bertz CT molecular complexity index is 1520. The number of rotatable bonds is 2. The van der Waals surface area contributed by atoms with Crippen molar-refractivity contribution in [3.63, 3.8) is 0 Å². The highest BCUT2D eigenvalue weighted by Crippen LogP contribution is 2.38. The number of benzene rings is 3. The molecule has 5 aromatic rings. The van der Waals surface area contributed by atoms with Crippen LogP contribution in [0.25, 0.3) is 44.4 Å². The summed E-state index contributed by atoms with van der Waals surface area (Å²) >= 11 is 0. The van der Waals surface area contributed by atoms with Gasteiger partial charge in [-0.25, -0.2) is 0 Å². The molecule has 0 fully saturated rings. The molecule has 2 heteroatoms. The lowest BCUT2D eigenvalue weighted by atomic mass is 9.82. The average Bonchev–Trinajstić information content (AvgIpc) is 2.87. The van der Waals surface area contributed by atoms with Crippen molar-refractivity contribution < 1.29 is 0 Å². The summed E-state index contributed by atoms with van der Waals surface area (Å²) in [6.45, 7) is 6.85. The number of fused-ring (bicyclic) bond motifs is 4. The molecule has 0 atom stereocenters. The number of hydrogen-bond acceptors (Lipinski definition) is 2. The first-order chi connectivity index (χ1) is 16.5. The van der Waals surface area contributed by atoms with Crippen LogP contribution in [0.4, 0.5) is 0 Å². The lowest BCUT2D eigenvalue weighted by Crippen LogP contribution is -2.12. The van der Waals surface area contributed by atoms with Crippen molar-refractivity contribution in [1.82, 2.24) is 9.97 Å². The van der Waals surface area contributed by atoms with E-state index >= 15 is 0 Å². The molecule has 0 aliphatic heterocycles. The number of nitrogens with zero attached hydrogens (tertiary/aromatic N) is 2. The van der Waals surface area contributed by atoms with Gasteiger partial charge >= 0.3 is 0 Å². The molecule has 0 saturated heterocycles. The lowest BCUT2D eigenvalue weighted by Gasteiger charge is -2.23. The summed E-state index contributed by atoms with van der Waals surface area (Å²) < 4.78 is 0. The van der Waals surface area contributed by atoms with Gasteiger partial charge in [0, 0.05) is 29.1 Å². The van der Waals surface area contributed by atoms with E-state index in [4.69, 9.17) is 9.97 Å². The molecule has 0 amide bonds. The predicted octanol–water partition coefficient (Wildman–Crippen LogP) is 8.03. The quantitative estimate of drug-likeness (QED) is 0.278. The Morgan fingerprint density at radius 2 is 1.32 bits per heavy atom. The van der Waals surface area contributed by atoms with Crippen LogP contribution in [0, 0.1) is 0 Å². The van der Waals surface area contributed by atoms with Gasteiger partial charge in [0.05, 0.1) is 11.4 Å². The third kappa shape index (κ3) is 3.60. The first-order valence-corrected chi connectivity index (χ1v) is 12.0. The van der Waals surface area contributed by atoms with Crippen LogP contribution in [0.1, 0.15) is 37.5 Å². The highest BCUT2D eigenvalue weighted by Gasteiger charge is 2.21. The highest BCUT2D eigenvalue weighted by atomic mass is 14.7. The fourth-order valence-corrected chi connectivity index (χ4v) is 5.15. The average molecular weight is 441 g/mol. The number of hydrogen-bond donors (Lipinski definition) is 0. The SMILES string of the molecule is CC(C)(C)c1cc(-c2cc3c(cn2)CCc2cc(-c4ccccc4)ncc2-3)cc2ccccc12. The van der Waals surface area contributed by atoms with E-state index in [2.05, 4.69) is 106 Å². The minimum atomic E-state index is 0.0498. The second kappa shape index (κ2) is 7.92. The molecule has 0 spiro atoms. The minimum absolute atomic E-state index is 0.0498. The van der Waals surface area contributed by atoms with Gasteiger partial charge in [0.25, 0.3) is 0 Å². The highest BCUT2D eigenvalue weighted by molar-refractivity contribution is 5.91. The molecule has 0 radical (unpaired) electrons. The minimum Gasteiger partial charge on any atom is -0.256 e. The summed E-state index contributed by atoms with van der Waals surface area (Å²) in [5, 5.41) is 2.58. The number of pyridine rings is 2. The molecule has 2 heterocycles. The maximum atomic E-state index is 4.91. The first kappa shape index (κ1) is 20.8. The smallest absolute Gasteiger partial charge is 0.0708 e. The van der Waals surface area contributed by atoms with Gasteiger partial charge in [-0.3, -0.25) is 9.97 Å². The summed E-state index contributed by atoms with van der Waals surface area (Å²) in [6.07, 6.45) is 6.17. The van der Waals surface area contributed by atoms with Crippen LogP contribution in [0.3, 0.4) is 0 Å². The van der Waals surface area contributed by atoms with Gasteiger partial charge in [0.1, 0.15) is 0 Å². The fourth-order valence-electron chi connectivity index (χ4n) is 5.15. The van der Waals surface area contributed by atoms with Gasteiger partial charge in [-0.1, -0.05) is 75.4 Å². The number of aryl methyl sites for hydroxylation is 2. The van der Waals surface area contributed by atoms with E-state index in [9.17, 15) is 0 Å². The Morgan fingerprint density at radius 3 is 2.15 bits per heavy atom. The van der Waals surface area contributed by atoms with Gasteiger partial charge < -0.3 is 0 Å². The monoisotopic (exact) mass is 440 g/mol. The molecule has 34 heavy (non-hydrogen) atoms. The summed E-state index contributed by atoms with van der Waals surface area (Å²) in [4.78, 5) is 9.74. The molecule has 2 nitrogen and oxygen atoms in total. The Morgan fingerprint density at radius 1 is 0.618 bits per heavy atom. The summed E-state index contributed by atoms with van der Waals surface area (Å²) in [7, 11) is 0. The summed E-state index contributed by atoms with van der Waals surface area (Å²) in [5.41, 5.74) is 11.0. The summed E-state index contributed by atoms with van der Waals surface area (Å²) in [5.74, 6) is 0. The second-order valence-corrected chi connectivity index (χ2v) is 10.3. The van der Waals surface area contributed by atoms with E-state index in [-0.39, 0.29) is 5.41 Å². The van der Waals surface area contributed by atoms with Crippen LogP contribution < -0.4 is 0 Å². The van der Waals surface area contributed by atoms with Crippen LogP contribution in [0.2, 0.25) is 0 Å². The topological polar surface area (TPSA) is 25.8 Å². The maximum absolute atomic E-state index is 4.91. The molecule has 0 unspecified atom stereocenters. The molecule has 0 saturated carbocycles. The predicted molar refractivity (Wildman–Crippen MR) is 142 cm³/mol. The van der Waals surface area contributed by atoms with Crippen molar-refractivity contribution in [2.24, 2.45) is 0 Å². The van der Waals surface area contributed by atoms with Crippen LogP contribution in [-0.2, 0) is 18.3 Å². The zero-order valence-electron chi connectivity index (χ0n) is 20.0. The Balaban J connectivity index is 1.48. The van der Waals surface area contributed by atoms with Crippen LogP contribution in [0.15, 0.2) is 91.3 Å². The van der Waals surface area contributed by atoms with Gasteiger partial charge in [0.2, 0.25) is 0 Å². The van der Waals surface area contributed by atoms with Crippen LogP contribution in [-0.4, -0.2) is 9.97 Å². The molecule has 0 bridgehead atoms. The molecule has 0 N–H and O–H groups in total. The van der Waals surface area contributed by atoms with Gasteiger partial charge in [-0.2, -0.15) is 0 Å². The molecular formula is C32H28N2. The van der Waals surface area contributed by atoms with E-state index in [1.807, 2.05) is 6.07 Å². The van der Waals surface area contributed by atoms with E-state index in [0.29, 0.717) is 0 Å². The molecule has 6 rings (SSSR count). The molecule has 1 aliphatic rings. The maximum Gasteiger partial charge on any atom is 0.0708 e. The van der Waals surface area contributed by atoms with Gasteiger partial charge in [-0.15, -0.1) is 0 Å². The Labute approximate surface area is 201 Å². The standard InChI is InChI=1S/C32H28N2/c1-32(2,3)29-16-25(15-22-11-7-8-12-26(22)29)31-18-27-24(19-33-31)14-13-23-17-30(34-20-28(23)27)21-9-5-4-6-10-21/h4-12,15-20H,13-14H2,1-3H3. The molecule has 2 aromatic heterocycles. The summed E-state index contributed by atoms with van der Waals surface area (Å²) in [6, 6.07) is 28.3. The van der Waals surface area contributed by atoms with Gasteiger partial charge in [0.15, 0.2) is 0 Å². The zero-order valence-corrected chi connectivity index (χ0v) is 20.0. The molecular weight excluding hydrogens is 412 g/mol. The molecule has 3 aromatic carbocycles. The Hall–Kier alpha value is -3.78. The van der Waals surface area contributed by atoms with E-state index in [1.165, 1.54) is 44.2 Å². The third-order valence-corrected chi connectivity index (χ3v) is 6.97. The fraction of sp³-hybridized carbons (Fsp3) is 0.188. The van der Waals surface area contributed by atoms with Crippen LogP contribution >= 0.6 is 0 Å². The first-order valence-electron chi connectivity index (χ1n) is 12.0. The van der Waals surface area contributed by atoms with Crippen molar-refractivity contribution in [3.05, 3.63) is 108 Å². The van der Waals surface area contributed by atoms with Crippen LogP contribution in [0.5, 0.6) is 0 Å². The zero-order chi connectivity index (χ0) is 23.3. The van der Waals surface area contributed by atoms with E-state index in [0.717, 1.165) is 29.8 Å². The normalized spacial score (nSPS) is 12.9. The largest absolute Gasteiger partial charge is 0.256 e. The van der Waals surface area contributed by atoms with Crippen molar-refractivity contribution in [2.75, 3.05) is 0 Å². The lowest BCUT2D eigenvalue weighted by molar-refractivity contribution is 0.596.